The first-order chi connectivity index (χ1) is 13.3. The van der Waals surface area contributed by atoms with Crippen LogP contribution in [0.3, 0.4) is 0 Å². The summed E-state index contributed by atoms with van der Waals surface area (Å²) in [5.41, 5.74) is 2.18. The van der Waals surface area contributed by atoms with Gasteiger partial charge in [0.25, 0.3) is 5.91 Å². The highest BCUT2D eigenvalue weighted by Gasteiger charge is 2.16. The molecule has 3 rings (SSSR count). The molecule has 0 bridgehead atoms. The van der Waals surface area contributed by atoms with Gasteiger partial charge in [-0.15, -0.1) is 0 Å². The van der Waals surface area contributed by atoms with Gasteiger partial charge in [0, 0.05) is 17.2 Å². The number of nitrogens with one attached hydrogen (secondary N) is 1. The van der Waals surface area contributed by atoms with Crippen LogP contribution in [0.4, 0.5) is 8.78 Å². The molecule has 1 heterocycles. The summed E-state index contributed by atoms with van der Waals surface area (Å²) in [5.74, 6) is -0.568. The number of benzene rings is 2. The van der Waals surface area contributed by atoms with Crippen LogP contribution in [-0.4, -0.2) is 11.1 Å². The van der Waals surface area contributed by atoms with E-state index in [0.29, 0.717) is 17.1 Å². The van der Waals surface area contributed by atoms with Crippen molar-refractivity contribution in [3.63, 3.8) is 0 Å². The third-order valence-electron chi connectivity index (χ3n) is 4.44. The van der Waals surface area contributed by atoms with Gasteiger partial charge in [0.2, 0.25) is 0 Å². The number of hydrogen-bond donors (Lipinski definition) is 1. The molecule has 7 heteroatoms. The third-order valence-corrected chi connectivity index (χ3v) is 4.44. The average Bonchev–Trinajstić information content (AvgIpc) is 2.98. The fourth-order valence-corrected chi connectivity index (χ4v) is 2.80. The zero-order chi connectivity index (χ0) is 20.3. The highest BCUT2D eigenvalue weighted by molar-refractivity contribution is 5.94. The molecule has 0 saturated heterocycles. The molecule has 2 aromatic carbocycles. The van der Waals surface area contributed by atoms with Gasteiger partial charge in [-0.1, -0.05) is 17.3 Å². The summed E-state index contributed by atoms with van der Waals surface area (Å²) in [6, 6.07) is 9.30. The van der Waals surface area contributed by atoms with E-state index in [-0.39, 0.29) is 18.1 Å². The highest BCUT2D eigenvalue weighted by atomic mass is 19.1. The molecule has 0 spiro atoms. The molecule has 0 radical (unpaired) electrons. The molecule has 0 fully saturated rings. The monoisotopic (exact) mass is 386 g/mol. The van der Waals surface area contributed by atoms with Crippen molar-refractivity contribution in [1.29, 1.82) is 0 Å². The minimum absolute atomic E-state index is 0.209. The molecule has 1 aromatic heterocycles. The maximum atomic E-state index is 13.9. The summed E-state index contributed by atoms with van der Waals surface area (Å²) in [5, 5.41) is 6.58. The summed E-state index contributed by atoms with van der Waals surface area (Å²) in [6.45, 7) is 5.53. The highest BCUT2D eigenvalue weighted by Crippen LogP contribution is 2.21. The Kier molecular flexibility index (Phi) is 5.73. The molecule has 0 aliphatic carbocycles. The van der Waals surface area contributed by atoms with Gasteiger partial charge in [-0.3, -0.25) is 4.79 Å². The third kappa shape index (κ3) is 4.36. The van der Waals surface area contributed by atoms with Crippen LogP contribution in [0, 0.1) is 25.5 Å². The number of ether oxygens (including phenoxy) is 1. The van der Waals surface area contributed by atoms with Crippen LogP contribution in [0.5, 0.6) is 5.75 Å². The summed E-state index contributed by atoms with van der Waals surface area (Å²) in [6.07, 6.45) is 0. The lowest BCUT2D eigenvalue weighted by atomic mass is 10.1. The molecule has 0 unspecified atom stereocenters. The lowest BCUT2D eigenvalue weighted by molar-refractivity contribution is 0.0939. The normalized spacial score (nSPS) is 11.9. The number of carbonyl (C=O) groups is 1. The van der Waals surface area contributed by atoms with E-state index in [1.54, 1.807) is 38.1 Å². The second-order valence-electron chi connectivity index (χ2n) is 6.48. The number of amides is 1. The van der Waals surface area contributed by atoms with E-state index in [9.17, 15) is 13.6 Å². The Morgan fingerprint density at radius 3 is 2.68 bits per heavy atom. The molecule has 1 atom stereocenters. The Bertz CT molecular complexity index is 982. The number of carbonyl (C=O) groups excluding carboxylic acids is 1. The van der Waals surface area contributed by atoms with E-state index >= 15 is 0 Å². The van der Waals surface area contributed by atoms with E-state index in [4.69, 9.17) is 9.26 Å². The topological polar surface area (TPSA) is 64.4 Å². The maximum Gasteiger partial charge on any atom is 0.251 e. The first-order valence-corrected chi connectivity index (χ1v) is 8.75. The quantitative estimate of drug-likeness (QED) is 0.670. The lowest BCUT2D eigenvalue weighted by Crippen LogP contribution is -2.27. The van der Waals surface area contributed by atoms with Crippen molar-refractivity contribution < 1.29 is 22.8 Å². The number of halogens is 2. The SMILES string of the molecule is Cc1noc(C)c1COc1cccc(C(=O)N[C@@H](C)c2ccc(F)cc2F)c1. The van der Waals surface area contributed by atoms with Crippen LogP contribution in [0.2, 0.25) is 0 Å². The molecule has 0 aliphatic heterocycles. The molecule has 1 N–H and O–H groups in total. The van der Waals surface area contributed by atoms with Crippen molar-refractivity contribution in [3.05, 3.63) is 82.2 Å². The van der Waals surface area contributed by atoms with Gasteiger partial charge in [-0.2, -0.15) is 0 Å². The van der Waals surface area contributed by atoms with E-state index in [2.05, 4.69) is 10.5 Å². The molecule has 0 aliphatic rings. The fourth-order valence-electron chi connectivity index (χ4n) is 2.80. The number of nitrogens with zero attached hydrogens (tertiary/aromatic N) is 1. The average molecular weight is 386 g/mol. The largest absolute Gasteiger partial charge is 0.489 e. The number of aromatic nitrogens is 1. The molecule has 1 amide bonds. The van der Waals surface area contributed by atoms with Crippen LogP contribution in [-0.2, 0) is 6.61 Å². The molecule has 146 valence electrons. The van der Waals surface area contributed by atoms with Gasteiger partial charge >= 0.3 is 0 Å². The van der Waals surface area contributed by atoms with Crippen LogP contribution in [0.15, 0.2) is 47.0 Å². The zero-order valence-corrected chi connectivity index (χ0v) is 15.8. The standard InChI is InChI=1S/C21H20F2N2O3/c1-12(18-8-7-16(22)10-20(18)23)24-21(26)15-5-4-6-17(9-15)27-11-19-13(2)25-28-14(19)3/h4-10,12H,11H2,1-3H3,(H,24,26)/t12-/m0/s1. The summed E-state index contributed by atoms with van der Waals surface area (Å²) in [4.78, 5) is 12.5. The Balaban J connectivity index is 1.68. The van der Waals surface area contributed by atoms with Crippen molar-refractivity contribution in [3.8, 4) is 5.75 Å². The van der Waals surface area contributed by atoms with Crippen LogP contribution >= 0.6 is 0 Å². The summed E-state index contributed by atoms with van der Waals surface area (Å²) in [7, 11) is 0. The Hall–Kier alpha value is -3.22. The first kappa shape index (κ1) is 19.5. The van der Waals surface area contributed by atoms with Gasteiger partial charge in [-0.25, -0.2) is 8.78 Å². The minimum atomic E-state index is -0.704. The van der Waals surface area contributed by atoms with Crippen molar-refractivity contribution in [2.24, 2.45) is 0 Å². The van der Waals surface area contributed by atoms with E-state index in [0.717, 1.165) is 23.4 Å². The minimum Gasteiger partial charge on any atom is -0.489 e. The predicted octanol–water partition coefficient (Wildman–Crippen LogP) is 4.64. The molecule has 3 aromatic rings. The van der Waals surface area contributed by atoms with Gasteiger partial charge in [-0.05, 0) is 45.0 Å². The fraction of sp³-hybridized carbons (Fsp3) is 0.238. The predicted molar refractivity (Wildman–Crippen MR) is 99.0 cm³/mol. The van der Waals surface area contributed by atoms with E-state index < -0.39 is 17.7 Å². The molecule has 5 nitrogen and oxygen atoms in total. The van der Waals surface area contributed by atoms with Crippen LogP contribution in [0.1, 0.15) is 45.9 Å². The first-order valence-electron chi connectivity index (χ1n) is 8.75. The second kappa shape index (κ2) is 8.21. The van der Waals surface area contributed by atoms with Gasteiger partial charge in [0.15, 0.2) is 0 Å². The van der Waals surface area contributed by atoms with Crippen LogP contribution in [0.25, 0.3) is 0 Å². The number of hydrogen-bond acceptors (Lipinski definition) is 4. The van der Waals surface area contributed by atoms with Crippen LogP contribution < -0.4 is 10.1 Å². The molecule has 0 saturated carbocycles. The Morgan fingerprint density at radius 2 is 2.00 bits per heavy atom. The zero-order valence-electron chi connectivity index (χ0n) is 15.8. The summed E-state index contributed by atoms with van der Waals surface area (Å²) < 4.78 is 37.8. The van der Waals surface area contributed by atoms with Crippen molar-refractivity contribution in [2.75, 3.05) is 0 Å². The van der Waals surface area contributed by atoms with E-state index in [1.165, 1.54) is 6.07 Å². The molecular weight excluding hydrogens is 366 g/mol. The number of aryl methyl sites for hydroxylation is 2. The number of rotatable bonds is 6. The second-order valence-corrected chi connectivity index (χ2v) is 6.48. The Morgan fingerprint density at radius 1 is 1.21 bits per heavy atom. The molecule has 28 heavy (non-hydrogen) atoms. The summed E-state index contributed by atoms with van der Waals surface area (Å²) >= 11 is 0. The van der Waals surface area contributed by atoms with Gasteiger partial charge < -0.3 is 14.6 Å². The maximum absolute atomic E-state index is 13.9. The van der Waals surface area contributed by atoms with Gasteiger partial charge in [0.05, 0.1) is 17.3 Å². The van der Waals surface area contributed by atoms with Crippen molar-refractivity contribution in [1.82, 2.24) is 10.5 Å². The molecular formula is C21H20F2N2O3. The lowest BCUT2D eigenvalue weighted by Gasteiger charge is -2.15. The Labute approximate surface area is 161 Å². The van der Waals surface area contributed by atoms with Crippen molar-refractivity contribution in [2.45, 2.75) is 33.4 Å². The van der Waals surface area contributed by atoms with Gasteiger partial charge in [0.1, 0.15) is 29.8 Å². The van der Waals surface area contributed by atoms with E-state index in [1.807, 2.05) is 6.92 Å². The van der Waals surface area contributed by atoms with Crippen molar-refractivity contribution >= 4 is 5.91 Å². The smallest absolute Gasteiger partial charge is 0.251 e.